The highest BCUT2D eigenvalue weighted by atomic mass is 32.2. The molecular formula is C10H21NO2S. The maximum absolute atomic E-state index is 11.2. The van der Waals surface area contributed by atoms with Crippen LogP contribution in [-0.2, 0) is 10.0 Å². The molecule has 0 radical (unpaired) electrons. The lowest BCUT2D eigenvalue weighted by atomic mass is 9.89. The molecule has 0 amide bonds. The van der Waals surface area contributed by atoms with E-state index in [1.165, 1.54) is 0 Å². The van der Waals surface area contributed by atoms with Gasteiger partial charge < -0.3 is 0 Å². The molecule has 2 unspecified atom stereocenters. The molecule has 1 rings (SSSR count). The lowest BCUT2D eigenvalue weighted by Crippen LogP contribution is -2.28. The summed E-state index contributed by atoms with van der Waals surface area (Å²) in [6.07, 6.45) is 4.68. The molecule has 0 heterocycles. The molecule has 0 saturated heterocycles. The van der Waals surface area contributed by atoms with Crippen LogP contribution in [0.15, 0.2) is 0 Å². The van der Waals surface area contributed by atoms with Crippen molar-refractivity contribution in [3.05, 3.63) is 0 Å². The Kier molecular flexibility index (Phi) is 3.95. The van der Waals surface area contributed by atoms with Crippen LogP contribution in [0, 0.1) is 11.8 Å². The Balaban J connectivity index is 2.58. The van der Waals surface area contributed by atoms with Crippen LogP contribution < -0.4 is 5.14 Å². The van der Waals surface area contributed by atoms with Crippen LogP contribution in [0.25, 0.3) is 0 Å². The second kappa shape index (κ2) is 4.62. The van der Waals surface area contributed by atoms with E-state index in [9.17, 15) is 8.42 Å². The smallest absolute Gasteiger partial charge is 0.211 e. The summed E-state index contributed by atoms with van der Waals surface area (Å²) in [5.74, 6) is 1.34. The van der Waals surface area contributed by atoms with Crippen molar-refractivity contribution in [1.82, 2.24) is 0 Å². The molecule has 0 aliphatic heterocycles. The van der Waals surface area contributed by atoms with Crippen LogP contribution in [0.5, 0.6) is 0 Å². The Morgan fingerprint density at radius 2 is 1.79 bits per heavy atom. The highest BCUT2D eigenvalue weighted by molar-refractivity contribution is 7.89. The molecule has 1 fully saturated rings. The van der Waals surface area contributed by atoms with E-state index in [2.05, 4.69) is 13.8 Å². The van der Waals surface area contributed by atoms with Crippen LogP contribution in [0.2, 0.25) is 0 Å². The summed E-state index contributed by atoms with van der Waals surface area (Å²) in [6.45, 7) is 4.42. The maximum Gasteiger partial charge on any atom is 0.211 e. The molecule has 0 aromatic heterocycles. The number of nitrogens with two attached hydrogens (primary N) is 1. The normalized spacial score (nSPS) is 30.3. The molecule has 84 valence electrons. The first-order chi connectivity index (χ1) is 6.41. The monoisotopic (exact) mass is 219 g/mol. The fourth-order valence-electron chi connectivity index (χ4n) is 2.29. The molecular weight excluding hydrogens is 198 g/mol. The van der Waals surface area contributed by atoms with Crippen molar-refractivity contribution < 1.29 is 8.42 Å². The molecule has 0 spiro atoms. The molecule has 0 bridgehead atoms. The van der Waals surface area contributed by atoms with Gasteiger partial charge in [0.1, 0.15) is 0 Å². The summed E-state index contributed by atoms with van der Waals surface area (Å²) in [6, 6.07) is 0. The first-order valence-corrected chi connectivity index (χ1v) is 7.04. The second-order valence-electron chi connectivity index (χ2n) is 4.72. The third-order valence-corrected chi connectivity index (χ3v) is 4.77. The molecule has 1 saturated carbocycles. The predicted molar refractivity (Wildman–Crippen MR) is 58.3 cm³/mol. The van der Waals surface area contributed by atoms with Crippen LogP contribution in [-0.4, -0.2) is 13.7 Å². The quantitative estimate of drug-likeness (QED) is 0.721. The zero-order valence-electron chi connectivity index (χ0n) is 9.07. The van der Waals surface area contributed by atoms with E-state index >= 15 is 0 Å². The van der Waals surface area contributed by atoms with Crippen molar-refractivity contribution in [2.45, 2.75) is 51.2 Å². The summed E-state index contributed by atoms with van der Waals surface area (Å²) in [5, 5.41) is 4.89. The molecule has 2 atom stereocenters. The van der Waals surface area contributed by atoms with E-state index in [1.54, 1.807) is 0 Å². The summed E-state index contributed by atoms with van der Waals surface area (Å²) >= 11 is 0. The van der Waals surface area contributed by atoms with Crippen molar-refractivity contribution in [2.24, 2.45) is 17.0 Å². The topological polar surface area (TPSA) is 60.2 Å². The van der Waals surface area contributed by atoms with Crippen molar-refractivity contribution in [3.63, 3.8) is 0 Å². The Labute approximate surface area is 87.1 Å². The highest BCUT2D eigenvalue weighted by Gasteiger charge is 2.26. The van der Waals surface area contributed by atoms with Crippen LogP contribution in [0.4, 0.5) is 0 Å². The van der Waals surface area contributed by atoms with Gasteiger partial charge in [-0.25, -0.2) is 13.6 Å². The third-order valence-electron chi connectivity index (χ3n) is 3.37. The van der Waals surface area contributed by atoms with Gasteiger partial charge in [0.15, 0.2) is 0 Å². The molecule has 3 nitrogen and oxygen atoms in total. The van der Waals surface area contributed by atoms with Crippen molar-refractivity contribution in [1.29, 1.82) is 0 Å². The average molecular weight is 219 g/mol. The van der Waals surface area contributed by atoms with Gasteiger partial charge in [0.05, 0.1) is 5.25 Å². The minimum Gasteiger partial charge on any atom is -0.228 e. The van der Waals surface area contributed by atoms with Crippen LogP contribution >= 0.6 is 0 Å². The summed E-state index contributed by atoms with van der Waals surface area (Å²) in [7, 11) is -3.30. The highest BCUT2D eigenvalue weighted by Crippen LogP contribution is 2.30. The van der Waals surface area contributed by atoms with Gasteiger partial charge in [-0.05, 0) is 31.1 Å². The van der Waals surface area contributed by atoms with E-state index < -0.39 is 10.0 Å². The standard InChI is InChI=1S/C10H21NO2S/c1-8(2)9-4-3-5-10(7-6-9)14(11,12)13/h8-10H,3-7H2,1-2H3,(H2,11,12,13). The number of sulfonamides is 1. The van der Waals surface area contributed by atoms with Gasteiger partial charge in [-0.15, -0.1) is 0 Å². The van der Waals surface area contributed by atoms with E-state index in [0.29, 0.717) is 11.8 Å². The van der Waals surface area contributed by atoms with Gasteiger partial charge in [0, 0.05) is 0 Å². The molecule has 14 heavy (non-hydrogen) atoms. The van der Waals surface area contributed by atoms with Gasteiger partial charge in [-0.2, -0.15) is 0 Å². The van der Waals surface area contributed by atoms with E-state index in [4.69, 9.17) is 5.14 Å². The molecule has 1 aliphatic carbocycles. The van der Waals surface area contributed by atoms with Gasteiger partial charge in [-0.1, -0.05) is 26.7 Å². The Morgan fingerprint density at radius 1 is 1.14 bits per heavy atom. The maximum atomic E-state index is 11.2. The largest absolute Gasteiger partial charge is 0.228 e. The van der Waals surface area contributed by atoms with E-state index in [-0.39, 0.29) is 5.25 Å². The Bertz CT molecular complexity index is 272. The third kappa shape index (κ3) is 3.24. The average Bonchev–Trinajstić information content (AvgIpc) is 2.26. The zero-order valence-corrected chi connectivity index (χ0v) is 9.89. The number of hydrogen-bond donors (Lipinski definition) is 1. The van der Waals surface area contributed by atoms with Crippen molar-refractivity contribution in [2.75, 3.05) is 0 Å². The Morgan fingerprint density at radius 3 is 2.29 bits per heavy atom. The van der Waals surface area contributed by atoms with Crippen LogP contribution in [0.1, 0.15) is 46.0 Å². The minimum atomic E-state index is -3.30. The number of hydrogen-bond acceptors (Lipinski definition) is 2. The fraction of sp³-hybridized carbons (Fsp3) is 1.00. The fourth-order valence-corrected chi connectivity index (χ4v) is 3.25. The van der Waals surface area contributed by atoms with Gasteiger partial charge in [-0.3, -0.25) is 0 Å². The lowest BCUT2D eigenvalue weighted by Gasteiger charge is -2.17. The van der Waals surface area contributed by atoms with Crippen molar-refractivity contribution >= 4 is 10.0 Å². The summed E-state index contributed by atoms with van der Waals surface area (Å²) < 4.78 is 22.4. The van der Waals surface area contributed by atoms with Gasteiger partial charge in [0.2, 0.25) is 10.0 Å². The molecule has 2 N–H and O–H groups in total. The zero-order chi connectivity index (χ0) is 10.8. The minimum absolute atomic E-state index is 0.286. The lowest BCUT2D eigenvalue weighted by molar-refractivity contribution is 0.342. The molecule has 4 heteroatoms. The first kappa shape index (κ1) is 12.0. The predicted octanol–water partition coefficient (Wildman–Crippen LogP) is 1.88. The number of rotatable bonds is 2. The molecule has 1 aliphatic rings. The SMILES string of the molecule is CC(C)C1CCCC(S(N)(=O)=O)CC1. The van der Waals surface area contributed by atoms with E-state index in [0.717, 1.165) is 32.1 Å². The number of primary sulfonamides is 1. The van der Waals surface area contributed by atoms with Crippen molar-refractivity contribution in [3.8, 4) is 0 Å². The summed E-state index contributed by atoms with van der Waals surface area (Å²) in [5.41, 5.74) is 0. The van der Waals surface area contributed by atoms with Crippen LogP contribution in [0.3, 0.4) is 0 Å². The first-order valence-electron chi connectivity index (χ1n) is 5.43. The second-order valence-corrected chi connectivity index (χ2v) is 6.57. The Hall–Kier alpha value is -0.0900. The van der Waals surface area contributed by atoms with Gasteiger partial charge >= 0.3 is 0 Å². The molecule has 0 aromatic carbocycles. The van der Waals surface area contributed by atoms with E-state index in [1.807, 2.05) is 0 Å². The summed E-state index contributed by atoms with van der Waals surface area (Å²) in [4.78, 5) is 0. The molecule has 0 aromatic rings. The van der Waals surface area contributed by atoms with Gasteiger partial charge in [0.25, 0.3) is 0 Å².